The molecule has 5 rings (SSSR count). The van der Waals surface area contributed by atoms with E-state index in [1.807, 2.05) is 6.92 Å². The van der Waals surface area contributed by atoms with Crippen LogP contribution in [0.3, 0.4) is 0 Å². The van der Waals surface area contributed by atoms with Crippen molar-refractivity contribution >= 4 is 16.9 Å². The van der Waals surface area contributed by atoms with Gasteiger partial charge in [-0.25, -0.2) is 4.79 Å². The van der Waals surface area contributed by atoms with Crippen LogP contribution in [0.1, 0.15) is 57.8 Å². The molecule has 0 radical (unpaired) electrons. The number of benzene rings is 2. The minimum atomic E-state index is -0.923. The van der Waals surface area contributed by atoms with Crippen LogP contribution in [0.4, 0.5) is 0 Å². The molecule has 0 spiro atoms. The van der Waals surface area contributed by atoms with Crippen molar-refractivity contribution in [1.82, 2.24) is 0 Å². The van der Waals surface area contributed by atoms with Crippen molar-refractivity contribution in [2.24, 2.45) is 5.92 Å². The van der Waals surface area contributed by atoms with Gasteiger partial charge in [0.05, 0.1) is 5.56 Å². The molecule has 200 valence electrons. The smallest absolute Gasteiger partial charge is 0.333 e. The van der Waals surface area contributed by atoms with Crippen LogP contribution >= 0.6 is 0 Å². The molecule has 0 amide bonds. The maximum absolute atomic E-state index is 13.1. The Morgan fingerprint density at radius 2 is 1.95 bits per heavy atom. The molecule has 1 aliphatic heterocycles. The largest absolute Gasteiger partial charge is 0.508 e. The highest BCUT2D eigenvalue weighted by Crippen LogP contribution is 2.53. The van der Waals surface area contributed by atoms with Gasteiger partial charge in [0, 0.05) is 29.5 Å². The second-order valence-corrected chi connectivity index (χ2v) is 10.4. The van der Waals surface area contributed by atoms with Gasteiger partial charge in [-0.2, -0.15) is 0 Å². The Morgan fingerprint density at radius 3 is 2.61 bits per heavy atom. The summed E-state index contributed by atoms with van der Waals surface area (Å²) in [6.45, 7) is 4.87. The molecule has 0 saturated heterocycles. The number of carbonyl (C=O) groups excluding carboxylic acids is 1. The first kappa shape index (κ1) is 25.9. The van der Waals surface area contributed by atoms with Crippen molar-refractivity contribution in [3.63, 3.8) is 0 Å². The lowest BCUT2D eigenvalue weighted by Gasteiger charge is -2.46. The summed E-state index contributed by atoms with van der Waals surface area (Å²) >= 11 is 0. The number of aromatic hydroxyl groups is 2. The van der Waals surface area contributed by atoms with Gasteiger partial charge in [0.1, 0.15) is 46.7 Å². The van der Waals surface area contributed by atoms with Crippen LogP contribution in [-0.2, 0) is 22.6 Å². The van der Waals surface area contributed by atoms with Crippen LogP contribution < -0.4 is 10.2 Å². The molecule has 1 aromatic heterocycles. The third-order valence-electron chi connectivity index (χ3n) is 8.06. The van der Waals surface area contributed by atoms with Crippen LogP contribution in [0.5, 0.6) is 17.2 Å². The maximum atomic E-state index is 13.1. The zero-order valence-corrected chi connectivity index (χ0v) is 21.7. The van der Waals surface area contributed by atoms with Gasteiger partial charge in [0.2, 0.25) is 0 Å². The minimum Gasteiger partial charge on any atom is -0.508 e. The topological polar surface area (TPSA) is 126 Å². The predicted octanol–water partition coefficient (Wildman–Crippen LogP) is 5.13. The number of carbonyl (C=O) groups is 1. The van der Waals surface area contributed by atoms with E-state index in [-0.39, 0.29) is 40.6 Å². The number of aliphatic hydroxyl groups excluding tert-OH is 1. The van der Waals surface area contributed by atoms with E-state index in [4.69, 9.17) is 13.9 Å². The van der Waals surface area contributed by atoms with Gasteiger partial charge in [-0.1, -0.05) is 31.1 Å². The highest BCUT2D eigenvalue weighted by Gasteiger charge is 2.51. The van der Waals surface area contributed by atoms with Crippen molar-refractivity contribution in [3.05, 3.63) is 63.5 Å². The molecule has 8 nitrogen and oxygen atoms in total. The number of hydrogen-bond acceptors (Lipinski definition) is 8. The summed E-state index contributed by atoms with van der Waals surface area (Å²) < 4.78 is 18.7. The molecular weight excluding hydrogens is 488 g/mol. The summed E-state index contributed by atoms with van der Waals surface area (Å²) in [6.07, 6.45) is 4.94. The molecule has 1 aliphatic carbocycles. The van der Waals surface area contributed by atoms with Crippen LogP contribution in [0.25, 0.3) is 22.1 Å². The summed E-state index contributed by atoms with van der Waals surface area (Å²) in [6, 6.07) is 7.59. The number of aliphatic hydroxyl groups is 1. The lowest BCUT2D eigenvalue weighted by molar-refractivity contribution is -0.164. The van der Waals surface area contributed by atoms with Gasteiger partial charge in [-0.3, -0.25) is 4.79 Å². The lowest BCUT2D eigenvalue weighted by atomic mass is 9.77. The van der Waals surface area contributed by atoms with E-state index in [0.29, 0.717) is 28.0 Å². The molecule has 3 N–H and O–H groups in total. The van der Waals surface area contributed by atoms with Gasteiger partial charge in [0.15, 0.2) is 11.0 Å². The SMILES string of the molecule is CC=C(C)C(=O)OC1Cc2c(c(-c3cccc(O)c3)c3oc(CO)cc(=O)c3c2O)OC1(C)C1CCCC1. The van der Waals surface area contributed by atoms with Crippen LogP contribution in [-0.4, -0.2) is 33.0 Å². The summed E-state index contributed by atoms with van der Waals surface area (Å²) in [5, 5.41) is 31.3. The monoisotopic (exact) mass is 520 g/mol. The number of phenolic OH excluding ortho intramolecular Hbond substituents is 2. The van der Waals surface area contributed by atoms with Crippen LogP contribution in [0.2, 0.25) is 0 Å². The first-order chi connectivity index (χ1) is 18.2. The number of phenols is 2. The molecule has 1 fully saturated rings. The Morgan fingerprint density at radius 1 is 1.21 bits per heavy atom. The fourth-order valence-corrected chi connectivity index (χ4v) is 5.78. The number of allylic oxidation sites excluding steroid dienone is 1. The van der Waals surface area contributed by atoms with E-state index in [1.54, 1.807) is 32.1 Å². The molecule has 2 aliphatic rings. The normalized spacial score (nSPS) is 21.8. The average molecular weight is 521 g/mol. The maximum Gasteiger partial charge on any atom is 0.333 e. The Kier molecular flexibility index (Phi) is 6.69. The number of esters is 1. The second kappa shape index (κ2) is 9.83. The van der Waals surface area contributed by atoms with Crippen molar-refractivity contribution in [2.75, 3.05) is 0 Å². The van der Waals surface area contributed by atoms with Gasteiger partial charge in [-0.05, 0) is 51.3 Å². The molecule has 1 saturated carbocycles. The Labute approximate surface area is 220 Å². The summed E-state index contributed by atoms with van der Waals surface area (Å²) in [5.74, 6) is -0.343. The Hall–Kier alpha value is -3.78. The summed E-state index contributed by atoms with van der Waals surface area (Å²) in [7, 11) is 0. The van der Waals surface area contributed by atoms with Gasteiger partial charge in [-0.15, -0.1) is 0 Å². The highest BCUT2D eigenvalue weighted by molar-refractivity contribution is 6.01. The van der Waals surface area contributed by atoms with E-state index in [0.717, 1.165) is 31.7 Å². The molecular formula is C30H32O8. The van der Waals surface area contributed by atoms with E-state index in [1.165, 1.54) is 12.1 Å². The lowest BCUT2D eigenvalue weighted by Crippen LogP contribution is -2.55. The summed E-state index contributed by atoms with van der Waals surface area (Å²) in [5.41, 5.74) is 0.287. The Balaban J connectivity index is 1.80. The summed E-state index contributed by atoms with van der Waals surface area (Å²) in [4.78, 5) is 26.0. The third-order valence-corrected chi connectivity index (χ3v) is 8.06. The van der Waals surface area contributed by atoms with Crippen LogP contribution in [0.15, 0.2) is 51.2 Å². The molecule has 2 heterocycles. The number of fused-ring (bicyclic) bond motifs is 2. The van der Waals surface area contributed by atoms with Crippen molar-refractivity contribution in [1.29, 1.82) is 0 Å². The van der Waals surface area contributed by atoms with Crippen molar-refractivity contribution in [2.45, 2.75) is 71.2 Å². The molecule has 2 atom stereocenters. The van der Waals surface area contributed by atoms with E-state index in [9.17, 15) is 24.9 Å². The highest BCUT2D eigenvalue weighted by atomic mass is 16.6. The number of rotatable bonds is 5. The predicted molar refractivity (Wildman–Crippen MR) is 141 cm³/mol. The van der Waals surface area contributed by atoms with E-state index in [2.05, 4.69) is 0 Å². The molecule has 38 heavy (non-hydrogen) atoms. The second-order valence-electron chi connectivity index (χ2n) is 10.4. The number of ether oxygens (including phenoxy) is 2. The molecule has 0 bridgehead atoms. The van der Waals surface area contributed by atoms with Crippen LogP contribution in [0, 0.1) is 5.92 Å². The molecule has 2 aromatic carbocycles. The van der Waals surface area contributed by atoms with E-state index < -0.39 is 29.7 Å². The molecule has 3 aromatic rings. The van der Waals surface area contributed by atoms with Gasteiger partial charge in [0.25, 0.3) is 0 Å². The minimum absolute atomic E-state index is 0.00105. The standard InChI is InChI=1S/C30H32O8/c1-4-16(2)29(35)37-23-14-21-26(34)25-22(33)13-20(15-31)36-28(25)24(17-8-7-11-19(32)12-17)27(21)38-30(23,3)18-9-5-6-10-18/h4,7-8,11-13,18,23,31-32,34H,5-6,9-10,14-15H2,1-3H3. The van der Waals surface area contributed by atoms with Crippen molar-refractivity contribution < 1.29 is 34.0 Å². The van der Waals surface area contributed by atoms with E-state index >= 15 is 0 Å². The zero-order chi connectivity index (χ0) is 27.2. The quantitative estimate of drug-likeness (QED) is 0.312. The average Bonchev–Trinajstić information content (AvgIpc) is 3.45. The number of hydrogen-bond donors (Lipinski definition) is 3. The first-order valence-electron chi connectivity index (χ1n) is 13.0. The first-order valence-corrected chi connectivity index (χ1v) is 13.0. The van der Waals surface area contributed by atoms with Gasteiger partial charge >= 0.3 is 5.97 Å². The fraction of sp³-hybridized carbons (Fsp3) is 0.400. The zero-order valence-electron chi connectivity index (χ0n) is 21.7. The van der Waals surface area contributed by atoms with Crippen molar-refractivity contribution in [3.8, 4) is 28.4 Å². The molecule has 8 heteroatoms. The Bertz CT molecular complexity index is 1490. The fourth-order valence-electron chi connectivity index (χ4n) is 5.78. The molecule has 2 unspecified atom stereocenters. The third kappa shape index (κ3) is 4.22. The van der Waals surface area contributed by atoms with Gasteiger partial charge < -0.3 is 29.2 Å².